The standard InChI is InChI=1S/C11H23N3O/c1-11(2,3)12-10(15)9-14-7-5-13(4)6-8-14/h5-9H2,1-4H3,(H,12,15). The second-order valence-electron chi connectivity index (χ2n) is 5.38. The molecule has 1 amide bonds. The molecule has 4 heteroatoms. The van der Waals surface area contributed by atoms with E-state index in [4.69, 9.17) is 0 Å². The third-order valence-corrected chi connectivity index (χ3v) is 2.48. The number of hydrogen-bond donors (Lipinski definition) is 1. The number of nitrogens with one attached hydrogen (secondary N) is 1. The first-order chi connectivity index (χ1) is 6.87. The first-order valence-corrected chi connectivity index (χ1v) is 5.59. The zero-order valence-corrected chi connectivity index (χ0v) is 10.3. The molecule has 1 N–H and O–H groups in total. The smallest absolute Gasteiger partial charge is 0.234 e. The van der Waals surface area contributed by atoms with Gasteiger partial charge in [-0.1, -0.05) is 0 Å². The van der Waals surface area contributed by atoms with E-state index in [1.165, 1.54) is 0 Å². The van der Waals surface area contributed by atoms with E-state index < -0.39 is 0 Å². The van der Waals surface area contributed by atoms with Crippen molar-refractivity contribution in [2.45, 2.75) is 26.3 Å². The lowest BCUT2D eigenvalue weighted by Crippen LogP contribution is -2.50. The lowest BCUT2D eigenvalue weighted by molar-refractivity contribution is -0.124. The minimum absolute atomic E-state index is 0.121. The highest BCUT2D eigenvalue weighted by Gasteiger charge is 2.19. The number of carbonyl (C=O) groups excluding carboxylic acids is 1. The van der Waals surface area contributed by atoms with E-state index in [1.807, 2.05) is 20.8 Å². The van der Waals surface area contributed by atoms with Crippen molar-refractivity contribution in [2.24, 2.45) is 0 Å². The molecular formula is C11H23N3O. The maximum absolute atomic E-state index is 11.6. The van der Waals surface area contributed by atoms with E-state index in [0.717, 1.165) is 26.2 Å². The van der Waals surface area contributed by atoms with Gasteiger partial charge in [-0.25, -0.2) is 0 Å². The molecule has 0 aromatic carbocycles. The first-order valence-electron chi connectivity index (χ1n) is 5.59. The average Bonchev–Trinajstić information content (AvgIpc) is 2.05. The van der Waals surface area contributed by atoms with E-state index in [-0.39, 0.29) is 11.4 Å². The molecule has 1 fully saturated rings. The molecule has 0 unspecified atom stereocenters. The van der Waals surface area contributed by atoms with Gasteiger partial charge in [0.15, 0.2) is 0 Å². The van der Waals surface area contributed by atoms with Crippen LogP contribution in [0.15, 0.2) is 0 Å². The molecule has 88 valence electrons. The van der Waals surface area contributed by atoms with Crippen molar-refractivity contribution in [3.63, 3.8) is 0 Å². The number of rotatable bonds is 2. The van der Waals surface area contributed by atoms with Crippen LogP contribution >= 0.6 is 0 Å². The summed E-state index contributed by atoms with van der Waals surface area (Å²) in [6.45, 7) is 10.7. The summed E-state index contributed by atoms with van der Waals surface area (Å²) in [4.78, 5) is 16.1. The molecule has 0 saturated carbocycles. The minimum Gasteiger partial charge on any atom is -0.350 e. The summed E-state index contributed by atoms with van der Waals surface area (Å²) in [5.74, 6) is 0.132. The van der Waals surface area contributed by atoms with Gasteiger partial charge < -0.3 is 10.2 Å². The zero-order chi connectivity index (χ0) is 11.5. The predicted molar refractivity (Wildman–Crippen MR) is 61.8 cm³/mol. The monoisotopic (exact) mass is 213 g/mol. The summed E-state index contributed by atoms with van der Waals surface area (Å²) < 4.78 is 0. The molecule has 15 heavy (non-hydrogen) atoms. The van der Waals surface area contributed by atoms with Crippen molar-refractivity contribution in [2.75, 3.05) is 39.8 Å². The maximum Gasteiger partial charge on any atom is 0.234 e. The fraction of sp³-hybridized carbons (Fsp3) is 0.909. The third kappa shape index (κ3) is 5.14. The highest BCUT2D eigenvalue weighted by Crippen LogP contribution is 2.01. The Bertz CT molecular complexity index is 214. The van der Waals surface area contributed by atoms with E-state index in [9.17, 15) is 4.79 Å². The van der Waals surface area contributed by atoms with Crippen LogP contribution in [-0.4, -0.2) is 61.0 Å². The Morgan fingerprint density at radius 3 is 2.20 bits per heavy atom. The van der Waals surface area contributed by atoms with Gasteiger partial charge in [0.05, 0.1) is 6.54 Å². The van der Waals surface area contributed by atoms with Gasteiger partial charge in [-0.05, 0) is 27.8 Å². The van der Waals surface area contributed by atoms with Gasteiger partial charge in [-0.2, -0.15) is 0 Å². The Hall–Kier alpha value is -0.610. The molecule has 1 rings (SSSR count). The van der Waals surface area contributed by atoms with Crippen molar-refractivity contribution < 1.29 is 4.79 Å². The Kier molecular flexibility index (Phi) is 4.11. The second kappa shape index (κ2) is 4.94. The number of hydrogen-bond acceptors (Lipinski definition) is 3. The van der Waals surface area contributed by atoms with Crippen LogP contribution in [0.25, 0.3) is 0 Å². The number of amides is 1. The van der Waals surface area contributed by atoms with Crippen LogP contribution in [0.5, 0.6) is 0 Å². The lowest BCUT2D eigenvalue weighted by atomic mass is 10.1. The highest BCUT2D eigenvalue weighted by atomic mass is 16.2. The summed E-state index contributed by atoms with van der Waals surface area (Å²) in [7, 11) is 2.12. The summed E-state index contributed by atoms with van der Waals surface area (Å²) >= 11 is 0. The van der Waals surface area contributed by atoms with Crippen LogP contribution in [0.1, 0.15) is 20.8 Å². The topological polar surface area (TPSA) is 35.6 Å². The summed E-state index contributed by atoms with van der Waals surface area (Å²) in [6.07, 6.45) is 0. The quantitative estimate of drug-likeness (QED) is 0.709. The summed E-state index contributed by atoms with van der Waals surface area (Å²) in [5.41, 5.74) is -0.121. The largest absolute Gasteiger partial charge is 0.350 e. The van der Waals surface area contributed by atoms with Gasteiger partial charge >= 0.3 is 0 Å². The first kappa shape index (κ1) is 12.5. The predicted octanol–water partition coefficient (Wildman–Crippen LogP) is 0.149. The van der Waals surface area contributed by atoms with Gasteiger partial charge in [-0.15, -0.1) is 0 Å². The molecule has 0 spiro atoms. The second-order valence-corrected chi connectivity index (χ2v) is 5.38. The van der Waals surface area contributed by atoms with Crippen LogP contribution in [0.4, 0.5) is 0 Å². The van der Waals surface area contributed by atoms with Crippen molar-refractivity contribution in [1.82, 2.24) is 15.1 Å². The fourth-order valence-corrected chi connectivity index (χ4v) is 1.67. The SMILES string of the molecule is CN1CCN(CC(=O)NC(C)(C)C)CC1. The van der Waals surface area contributed by atoms with Gasteiger partial charge in [0, 0.05) is 31.7 Å². The highest BCUT2D eigenvalue weighted by molar-refractivity contribution is 5.78. The fourth-order valence-electron chi connectivity index (χ4n) is 1.67. The van der Waals surface area contributed by atoms with Crippen LogP contribution in [0, 0.1) is 0 Å². The normalized spacial score (nSPS) is 20.3. The van der Waals surface area contributed by atoms with Crippen molar-refractivity contribution >= 4 is 5.91 Å². The molecule has 0 radical (unpaired) electrons. The molecule has 0 atom stereocenters. The van der Waals surface area contributed by atoms with Gasteiger partial charge in [0.2, 0.25) is 5.91 Å². The summed E-state index contributed by atoms with van der Waals surface area (Å²) in [5, 5.41) is 2.98. The van der Waals surface area contributed by atoms with Crippen molar-refractivity contribution in [3.05, 3.63) is 0 Å². The number of carbonyl (C=O) groups is 1. The Labute approximate surface area is 92.6 Å². The maximum atomic E-state index is 11.6. The molecule has 0 aliphatic carbocycles. The molecule has 1 saturated heterocycles. The van der Waals surface area contributed by atoms with E-state index >= 15 is 0 Å². The Morgan fingerprint density at radius 2 is 1.73 bits per heavy atom. The number of piperazine rings is 1. The van der Waals surface area contributed by atoms with E-state index in [0.29, 0.717) is 6.54 Å². The number of likely N-dealkylation sites (N-methyl/N-ethyl adjacent to an activating group) is 1. The lowest BCUT2D eigenvalue weighted by Gasteiger charge is -2.32. The van der Waals surface area contributed by atoms with Crippen LogP contribution in [-0.2, 0) is 4.79 Å². The Balaban J connectivity index is 2.27. The van der Waals surface area contributed by atoms with Gasteiger partial charge in [0.1, 0.15) is 0 Å². The molecule has 0 bridgehead atoms. The molecule has 1 aliphatic heterocycles. The van der Waals surface area contributed by atoms with Crippen molar-refractivity contribution in [3.8, 4) is 0 Å². The molecule has 0 aromatic rings. The molecule has 1 heterocycles. The van der Waals surface area contributed by atoms with E-state index in [1.54, 1.807) is 0 Å². The minimum atomic E-state index is -0.121. The molecule has 0 aromatic heterocycles. The third-order valence-electron chi connectivity index (χ3n) is 2.48. The Morgan fingerprint density at radius 1 is 1.20 bits per heavy atom. The van der Waals surface area contributed by atoms with E-state index in [2.05, 4.69) is 22.2 Å². The van der Waals surface area contributed by atoms with Crippen molar-refractivity contribution in [1.29, 1.82) is 0 Å². The molecule has 4 nitrogen and oxygen atoms in total. The number of nitrogens with zero attached hydrogens (tertiary/aromatic N) is 2. The summed E-state index contributed by atoms with van der Waals surface area (Å²) in [6, 6.07) is 0. The van der Waals surface area contributed by atoms with Crippen LogP contribution in [0.2, 0.25) is 0 Å². The molecule has 1 aliphatic rings. The van der Waals surface area contributed by atoms with Crippen LogP contribution in [0.3, 0.4) is 0 Å². The molecular weight excluding hydrogens is 190 g/mol. The average molecular weight is 213 g/mol. The van der Waals surface area contributed by atoms with Crippen LogP contribution < -0.4 is 5.32 Å². The zero-order valence-electron chi connectivity index (χ0n) is 10.3. The van der Waals surface area contributed by atoms with Gasteiger partial charge in [-0.3, -0.25) is 9.69 Å². The van der Waals surface area contributed by atoms with Gasteiger partial charge in [0.25, 0.3) is 0 Å².